The topological polar surface area (TPSA) is 34.1 Å². The van der Waals surface area contributed by atoms with Gasteiger partial charge in [0.15, 0.2) is 0 Å². The average Bonchev–Trinajstić information content (AvgIpc) is 2.44. The minimum Gasteiger partial charge on any atom is -0.375 e. The smallest absolute Gasteiger partial charge is 0.0720 e. The lowest BCUT2D eigenvalue weighted by Gasteiger charge is -2.23. The van der Waals surface area contributed by atoms with Crippen molar-refractivity contribution in [1.29, 1.82) is 0 Å². The van der Waals surface area contributed by atoms with E-state index in [1.54, 1.807) is 0 Å². The van der Waals surface area contributed by atoms with Gasteiger partial charge in [-0.2, -0.15) is 0 Å². The van der Waals surface area contributed by atoms with Gasteiger partial charge < -0.3 is 10.1 Å². The van der Waals surface area contributed by atoms with Gasteiger partial charge in [-0.25, -0.2) is 0 Å². The summed E-state index contributed by atoms with van der Waals surface area (Å²) in [7, 11) is 0. The minimum absolute atomic E-state index is 0.345. The van der Waals surface area contributed by atoms with Crippen LogP contribution in [0.2, 0.25) is 0 Å². The van der Waals surface area contributed by atoms with E-state index in [0.717, 1.165) is 19.6 Å². The fourth-order valence-electron chi connectivity index (χ4n) is 2.43. The molecule has 2 heterocycles. The molecule has 0 bridgehead atoms. The molecule has 1 aliphatic rings. The van der Waals surface area contributed by atoms with Gasteiger partial charge in [0, 0.05) is 25.0 Å². The van der Waals surface area contributed by atoms with Crippen LogP contribution < -0.4 is 5.32 Å². The van der Waals surface area contributed by atoms with Gasteiger partial charge in [0.05, 0.1) is 13.2 Å². The summed E-state index contributed by atoms with van der Waals surface area (Å²) in [6.45, 7) is 2.36. The Hall–Kier alpha value is -1.71. The fourth-order valence-corrected chi connectivity index (χ4v) is 2.43. The van der Waals surface area contributed by atoms with Crippen LogP contribution in [0.3, 0.4) is 0 Å². The van der Waals surface area contributed by atoms with Gasteiger partial charge in [0.1, 0.15) is 0 Å². The molecule has 0 spiro atoms. The van der Waals surface area contributed by atoms with Gasteiger partial charge in [-0.05, 0) is 29.2 Å². The van der Waals surface area contributed by atoms with Crippen molar-refractivity contribution in [2.45, 2.75) is 25.6 Å². The summed E-state index contributed by atoms with van der Waals surface area (Å²) in [5.74, 6) is 0. The van der Waals surface area contributed by atoms with Crippen molar-refractivity contribution in [1.82, 2.24) is 10.3 Å². The molecule has 0 saturated heterocycles. The van der Waals surface area contributed by atoms with Crippen LogP contribution in [0, 0.1) is 0 Å². The number of fused-ring (bicyclic) bond motifs is 1. The molecule has 1 aromatic heterocycles. The van der Waals surface area contributed by atoms with Gasteiger partial charge in [0.2, 0.25) is 0 Å². The van der Waals surface area contributed by atoms with E-state index in [2.05, 4.69) is 40.6 Å². The van der Waals surface area contributed by atoms with E-state index in [1.807, 2.05) is 18.5 Å². The Balaban J connectivity index is 1.67. The van der Waals surface area contributed by atoms with E-state index in [1.165, 1.54) is 16.7 Å². The first-order valence-electron chi connectivity index (χ1n) is 6.68. The number of nitrogens with one attached hydrogen (secondary N) is 1. The predicted octanol–water partition coefficient (Wildman–Crippen LogP) is 2.31. The number of hydrogen-bond acceptors (Lipinski definition) is 3. The quantitative estimate of drug-likeness (QED) is 0.893. The van der Waals surface area contributed by atoms with Crippen molar-refractivity contribution < 1.29 is 4.74 Å². The first-order valence-corrected chi connectivity index (χ1v) is 6.68. The van der Waals surface area contributed by atoms with Crippen molar-refractivity contribution in [3.05, 3.63) is 65.5 Å². The Bertz CT molecular complexity index is 527. The second-order valence-electron chi connectivity index (χ2n) is 4.93. The third-order valence-electron chi connectivity index (χ3n) is 3.48. The highest BCUT2D eigenvalue weighted by molar-refractivity contribution is 5.26. The normalized spacial score (nSPS) is 19.3. The molecule has 2 aromatic rings. The van der Waals surface area contributed by atoms with Crippen LogP contribution in [0.1, 0.15) is 16.7 Å². The van der Waals surface area contributed by atoms with E-state index in [9.17, 15) is 0 Å². The molecule has 3 rings (SSSR count). The van der Waals surface area contributed by atoms with Crippen molar-refractivity contribution in [2.24, 2.45) is 0 Å². The Labute approximate surface area is 113 Å². The van der Waals surface area contributed by atoms with Gasteiger partial charge in [-0.1, -0.05) is 30.3 Å². The second kappa shape index (κ2) is 5.95. The zero-order valence-electron chi connectivity index (χ0n) is 10.9. The van der Waals surface area contributed by atoms with Crippen molar-refractivity contribution >= 4 is 0 Å². The van der Waals surface area contributed by atoms with E-state index in [4.69, 9.17) is 4.74 Å². The number of benzene rings is 1. The van der Waals surface area contributed by atoms with Crippen LogP contribution in [-0.2, 0) is 24.3 Å². The van der Waals surface area contributed by atoms with Crippen molar-refractivity contribution in [3.63, 3.8) is 0 Å². The van der Waals surface area contributed by atoms with Crippen molar-refractivity contribution in [2.75, 3.05) is 6.61 Å². The molecule has 3 nitrogen and oxygen atoms in total. The van der Waals surface area contributed by atoms with Crippen LogP contribution in [-0.4, -0.2) is 17.6 Å². The van der Waals surface area contributed by atoms with Crippen molar-refractivity contribution in [3.8, 4) is 0 Å². The molecule has 1 atom stereocenters. The summed E-state index contributed by atoms with van der Waals surface area (Å²) in [5, 5.41) is 3.57. The molecule has 1 aromatic carbocycles. The Kier molecular flexibility index (Phi) is 3.86. The molecule has 0 amide bonds. The largest absolute Gasteiger partial charge is 0.375 e. The van der Waals surface area contributed by atoms with Crippen LogP contribution >= 0.6 is 0 Å². The maximum Gasteiger partial charge on any atom is 0.0720 e. The number of rotatable bonds is 2. The van der Waals surface area contributed by atoms with Crippen LogP contribution in [0.5, 0.6) is 0 Å². The molecule has 1 unspecified atom stereocenters. The molecule has 0 aliphatic carbocycles. The average molecular weight is 254 g/mol. The highest BCUT2D eigenvalue weighted by Gasteiger charge is 2.14. The molecular weight excluding hydrogens is 236 g/mol. The number of ether oxygens (including phenoxy) is 1. The van der Waals surface area contributed by atoms with E-state index in [0.29, 0.717) is 12.6 Å². The molecule has 0 fully saturated rings. The SMILES string of the molecule is c1cncc(CC2COCc3ccccc3CN2)c1. The standard InChI is InChI=1S/C16H18N2O/c1-2-6-15-11-19-12-16(18-10-14(15)5-1)8-13-4-3-7-17-9-13/h1-7,9,16,18H,8,10-12H2. The molecule has 98 valence electrons. The third kappa shape index (κ3) is 3.19. The molecule has 1 N–H and O–H groups in total. The maximum absolute atomic E-state index is 5.80. The number of aromatic nitrogens is 1. The Morgan fingerprint density at radius 1 is 1.16 bits per heavy atom. The third-order valence-corrected chi connectivity index (χ3v) is 3.48. The number of nitrogens with zero attached hydrogens (tertiary/aromatic N) is 1. The zero-order valence-corrected chi connectivity index (χ0v) is 10.9. The Morgan fingerprint density at radius 2 is 2.05 bits per heavy atom. The number of pyridine rings is 1. The lowest BCUT2D eigenvalue weighted by molar-refractivity contribution is 0.0926. The number of hydrogen-bond donors (Lipinski definition) is 1. The molecule has 0 radical (unpaired) electrons. The van der Waals surface area contributed by atoms with E-state index < -0.39 is 0 Å². The highest BCUT2D eigenvalue weighted by atomic mass is 16.5. The first-order chi connectivity index (χ1) is 9.42. The molecule has 0 saturated carbocycles. The van der Waals surface area contributed by atoms with Gasteiger partial charge in [0.25, 0.3) is 0 Å². The maximum atomic E-state index is 5.80. The lowest BCUT2D eigenvalue weighted by Crippen LogP contribution is -2.36. The van der Waals surface area contributed by atoms with Crippen LogP contribution in [0.25, 0.3) is 0 Å². The van der Waals surface area contributed by atoms with Crippen LogP contribution in [0.4, 0.5) is 0 Å². The fraction of sp³-hybridized carbons (Fsp3) is 0.312. The highest BCUT2D eigenvalue weighted by Crippen LogP contribution is 2.14. The summed E-state index contributed by atoms with van der Waals surface area (Å²) in [6.07, 6.45) is 4.69. The monoisotopic (exact) mass is 254 g/mol. The summed E-state index contributed by atoms with van der Waals surface area (Å²) in [5.41, 5.74) is 3.87. The molecular formula is C16H18N2O. The van der Waals surface area contributed by atoms with Gasteiger partial charge >= 0.3 is 0 Å². The predicted molar refractivity (Wildman–Crippen MR) is 74.7 cm³/mol. The Morgan fingerprint density at radius 3 is 2.89 bits per heavy atom. The summed E-state index contributed by atoms with van der Waals surface area (Å²) in [4.78, 5) is 4.16. The zero-order chi connectivity index (χ0) is 12.9. The molecule has 1 aliphatic heterocycles. The first kappa shape index (κ1) is 12.3. The summed E-state index contributed by atoms with van der Waals surface area (Å²) < 4.78 is 5.80. The molecule has 19 heavy (non-hydrogen) atoms. The summed E-state index contributed by atoms with van der Waals surface area (Å²) in [6, 6.07) is 12.9. The lowest BCUT2D eigenvalue weighted by atomic mass is 10.0. The van der Waals surface area contributed by atoms with Crippen LogP contribution in [0.15, 0.2) is 48.8 Å². The summed E-state index contributed by atoms with van der Waals surface area (Å²) >= 11 is 0. The van der Waals surface area contributed by atoms with Gasteiger partial charge in [-0.3, -0.25) is 4.98 Å². The minimum atomic E-state index is 0.345. The van der Waals surface area contributed by atoms with E-state index in [-0.39, 0.29) is 0 Å². The second-order valence-corrected chi connectivity index (χ2v) is 4.93. The molecule has 3 heteroatoms. The van der Waals surface area contributed by atoms with Gasteiger partial charge in [-0.15, -0.1) is 0 Å². The van der Waals surface area contributed by atoms with E-state index >= 15 is 0 Å².